The summed E-state index contributed by atoms with van der Waals surface area (Å²) in [6, 6.07) is 0.0266. The van der Waals surface area contributed by atoms with Gasteiger partial charge >= 0.3 is 5.97 Å². The molecule has 1 saturated carbocycles. The fourth-order valence-corrected chi connectivity index (χ4v) is 4.43. The number of esters is 1. The Kier molecular flexibility index (Phi) is 7.69. The summed E-state index contributed by atoms with van der Waals surface area (Å²) in [7, 11) is -1.11. The Hall–Kier alpha value is -0.680. The number of carbonyl (C=O) groups excluding carboxylic acids is 1. The van der Waals surface area contributed by atoms with Gasteiger partial charge in [-0.3, -0.25) is 4.79 Å². The average molecular weight is 386 g/mol. The van der Waals surface area contributed by atoms with Crippen LogP contribution in [0.25, 0.3) is 0 Å². The summed E-state index contributed by atoms with van der Waals surface area (Å²) < 4.78 is 20.8. The number of hydrogen-bond acceptors (Lipinski definition) is 3. The Morgan fingerprint density at radius 3 is 2.35 bits per heavy atom. The number of carbonyl (C=O) groups is 1. The van der Waals surface area contributed by atoms with Gasteiger partial charge in [-0.15, -0.1) is 6.58 Å². The second kappa shape index (κ2) is 8.55. The van der Waals surface area contributed by atoms with Gasteiger partial charge in [0.1, 0.15) is 5.60 Å². The average Bonchev–Trinajstić information content (AvgIpc) is 2.75. The standard InChI is InChI=1S/C21H39NO3S/c1-10-16(22-26(24)20(5,6)7)12-11-15-13-17(21(8,9)14-15)18(23)25-19(2,3)4/h10,15-17,22H,1,11-14H2,2-9H3/t15-,16?,17?,26?/m1/s1. The van der Waals surface area contributed by atoms with Gasteiger partial charge < -0.3 is 4.74 Å². The molecule has 1 rings (SSSR count). The normalized spacial score (nSPS) is 25.5. The van der Waals surface area contributed by atoms with Gasteiger partial charge in [-0.1, -0.05) is 19.9 Å². The highest BCUT2D eigenvalue weighted by molar-refractivity contribution is 7.84. The summed E-state index contributed by atoms with van der Waals surface area (Å²) in [5.74, 6) is 0.359. The molecule has 0 radical (unpaired) electrons. The van der Waals surface area contributed by atoms with Crippen LogP contribution in [0.1, 0.15) is 81.1 Å². The second-order valence-corrected chi connectivity index (χ2v) is 12.3. The van der Waals surface area contributed by atoms with Gasteiger partial charge in [0, 0.05) is 6.04 Å². The van der Waals surface area contributed by atoms with Crippen molar-refractivity contribution < 1.29 is 13.7 Å². The van der Waals surface area contributed by atoms with Crippen molar-refractivity contribution in [3.05, 3.63) is 12.7 Å². The van der Waals surface area contributed by atoms with E-state index in [0.29, 0.717) is 5.92 Å². The SMILES string of the molecule is C=CC(CC[C@@H]1CC(C(=O)OC(C)(C)C)C(C)(C)C1)NS(=O)C(C)(C)C. The monoisotopic (exact) mass is 385 g/mol. The third-order valence-electron chi connectivity index (χ3n) is 5.00. The van der Waals surface area contributed by atoms with Gasteiger partial charge in [0.2, 0.25) is 0 Å². The summed E-state index contributed by atoms with van der Waals surface area (Å²) in [4.78, 5) is 12.6. The predicted molar refractivity (Wildman–Crippen MR) is 110 cm³/mol. The number of ether oxygens (including phenoxy) is 1. The molecule has 0 amide bonds. The maximum absolute atomic E-state index is 12.6. The van der Waals surface area contributed by atoms with Crippen molar-refractivity contribution in [1.29, 1.82) is 0 Å². The van der Waals surface area contributed by atoms with E-state index in [2.05, 4.69) is 25.1 Å². The molecule has 3 unspecified atom stereocenters. The molecule has 26 heavy (non-hydrogen) atoms. The van der Waals surface area contributed by atoms with E-state index < -0.39 is 16.6 Å². The van der Waals surface area contributed by atoms with E-state index >= 15 is 0 Å². The van der Waals surface area contributed by atoms with Crippen LogP contribution in [0.4, 0.5) is 0 Å². The predicted octanol–water partition coefficient (Wildman–Crippen LogP) is 4.77. The Morgan fingerprint density at radius 2 is 1.88 bits per heavy atom. The van der Waals surface area contributed by atoms with Crippen LogP contribution >= 0.6 is 0 Å². The molecule has 5 heteroatoms. The van der Waals surface area contributed by atoms with Gasteiger partial charge in [0.15, 0.2) is 0 Å². The Morgan fingerprint density at radius 1 is 1.31 bits per heavy atom. The maximum atomic E-state index is 12.6. The minimum Gasteiger partial charge on any atom is -0.460 e. The van der Waals surface area contributed by atoms with Crippen LogP contribution in [0.15, 0.2) is 12.7 Å². The molecule has 1 N–H and O–H groups in total. The number of rotatable bonds is 7. The van der Waals surface area contributed by atoms with Crippen LogP contribution in [0.3, 0.4) is 0 Å². The van der Waals surface area contributed by atoms with E-state index in [0.717, 1.165) is 25.7 Å². The molecular formula is C21H39NO3S. The highest BCUT2D eigenvalue weighted by Gasteiger charge is 2.45. The lowest BCUT2D eigenvalue weighted by atomic mass is 9.81. The zero-order valence-electron chi connectivity index (χ0n) is 18.0. The molecule has 1 aliphatic carbocycles. The minimum absolute atomic E-state index is 0.0266. The van der Waals surface area contributed by atoms with E-state index in [-0.39, 0.29) is 28.1 Å². The Balaban J connectivity index is 2.62. The quantitative estimate of drug-likeness (QED) is 0.507. The molecule has 0 spiro atoms. The van der Waals surface area contributed by atoms with Crippen molar-refractivity contribution in [1.82, 2.24) is 4.72 Å². The molecule has 0 aromatic rings. The lowest BCUT2D eigenvalue weighted by Gasteiger charge is -2.29. The molecule has 1 aliphatic rings. The van der Waals surface area contributed by atoms with Gasteiger partial charge in [0.25, 0.3) is 0 Å². The smallest absolute Gasteiger partial charge is 0.310 e. The Labute approximate surface area is 163 Å². The van der Waals surface area contributed by atoms with Crippen molar-refractivity contribution in [2.75, 3.05) is 0 Å². The van der Waals surface area contributed by atoms with Gasteiger partial charge in [-0.05, 0) is 78.6 Å². The van der Waals surface area contributed by atoms with E-state index in [1.54, 1.807) is 0 Å². The molecule has 0 saturated heterocycles. The van der Waals surface area contributed by atoms with E-state index in [4.69, 9.17) is 4.74 Å². The summed E-state index contributed by atoms with van der Waals surface area (Å²) in [6.45, 7) is 19.8. The molecule has 0 aromatic heterocycles. The molecular weight excluding hydrogens is 346 g/mol. The third kappa shape index (κ3) is 7.15. The number of nitrogens with one attached hydrogen (secondary N) is 1. The lowest BCUT2D eigenvalue weighted by Crippen LogP contribution is -2.39. The van der Waals surface area contributed by atoms with Crippen LogP contribution in [-0.4, -0.2) is 26.6 Å². The molecule has 1 fully saturated rings. The highest BCUT2D eigenvalue weighted by Crippen LogP contribution is 2.48. The molecule has 0 heterocycles. The van der Waals surface area contributed by atoms with Crippen molar-refractivity contribution >= 4 is 17.0 Å². The first kappa shape index (κ1) is 23.4. The van der Waals surface area contributed by atoms with Crippen LogP contribution in [0.5, 0.6) is 0 Å². The second-order valence-electron chi connectivity index (χ2n) is 10.3. The van der Waals surface area contributed by atoms with Gasteiger partial charge in [-0.25, -0.2) is 8.93 Å². The summed E-state index contributed by atoms with van der Waals surface area (Å²) in [5, 5.41) is 0. The first-order valence-corrected chi connectivity index (χ1v) is 10.8. The highest BCUT2D eigenvalue weighted by atomic mass is 32.2. The fourth-order valence-electron chi connectivity index (χ4n) is 3.58. The minimum atomic E-state index is -1.11. The van der Waals surface area contributed by atoms with E-state index in [9.17, 15) is 9.00 Å². The zero-order valence-corrected chi connectivity index (χ0v) is 18.8. The molecule has 4 nitrogen and oxygen atoms in total. The first-order valence-electron chi connectivity index (χ1n) is 9.69. The number of hydrogen-bond donors (Lipinski definition) is 1. The molecule has 0 aliphatic heterocycles. The fraction of sp³-hybridized carbons (Fsp3) is 0.857. The van der Waals surface area contributed by atoms with E-state index in [1.165, 1.54) is 0 Å². The molecule has 0 aromatic carbocycles. The van der Waals surface area contributed by atoms with Crippen molar-refractivity contribution in [3.63, 3.8) is 0 Å². The summed E-state index contributed by atoms with van der Waals surface area (Å²) in [6.07, 6.45) is 5.60. The topological polar surface area (TPSA) is 55.4 Å². The van der Waals surface area contributed by atoms with Gasteiger partial charge in [-0.2, -0.15) is 0 Å². The molecule has 4 atom stereocenters. The summed E-state index contributed by atoms with van der Waals surface area (Å²) >= 11 is 0. The van der Waals surface area contributed by atoms with E-state index in [1.807, 2.05) is 47.6 Å². The molecule has 152 valence electrons. The Bertz CT molecular complexity index is 528. The summed E-state index contributed by atoms with van der Waals surface area (Å²) in [5.41, 5.74) is -0.488. The van der Waals surface area contributed by atoms with Crippen LogP contribution in [0.2, 0.25) is 0 Å². The molecule has 0 bridgehead atoms. The van der Waals surface area contributed by atoms with Crippen molar-refractivity contribution in [2.45, 2.75) is 97.5 Å². The third-order valence-corrected chi connectivity index (χ3v) is 6.63. The van der Waals surface area contributed by atoms with Gasteiger partial charge in [0.05, 0.1) is 21.7 Å². The zero-order chi connectivity index (χ0) is 20.3. The van der Waals surface area contributed by atoms with Crippen LogP contribution in [0, 0.1) is 17.3 Å². The first-order chi connectivity index (χ1) is 11.7. The van der Waals surface area contributed by atoms with Crippen LogP contribution < -0.4 is 4.72 Å². The lowest BCUT2D eigenvalue weighted by molar-refractivity contribution is -0.163. The van der Waals surface area contributed by atoms with Crippen LogP contribution in [-0.2, 0) is 20.5 Å². The van der Waals surface area contributed by atoms with Crippen molar-refractivity contribution in [2.24, 2.45) is 17.3 Å². The maximum Gasteiger partial charge on any atom is 0.310 e. The largest absolute Gasteiger partial charge is 0.460 e. The van der Waals surface area contributed by atoms with Crippen molar-refractivity contribution in [3.8, 4) is 0 Å².